The van der Waals surface area contributed by atoms with Gasteiger partial charge >= 0.3 is 6.09 Å². The highest BCUT2D eigenvalue weighted by Crippen LogP contribution is 2.38. The van der Waals surface area contributed by atoms with Gasteiger partial charge < -0.3 is 29.8 Å². The smallest absolute Gasteiger partial charge is 0.407 e. The van der Waals surface area contributed by atoms with Gasteiger partial charge in [0.2, 0.25) is 11.8 Å². The predicted molar refractivity (Wildman–Crippen MR) is 214 cm³/mol. The number of hydrogen-bond donors (Lipinski definition) is 3. The van der Waals surface area contributed by atoms with Gasteiger partial charge in [-0.15, -0.1) is 13.2 Å². The number of carbonyl (C=O) groups is 3. The molecule has 0 saturated heterocycles. The molecular formula is C43H47N7O4. The summed E-state index contributed by atoms with van der Waals surface area (Å²) in [5, 5.41) is 9.33. The van der Waals surface area contributed by atoms with E-state index in [2.05, 4.69) is 104 Å². The first kappa shape index (κ1) is 37.5. The van der Waals surface area contributed by atoms with Gasteiger partial charge in [0.1, 0.15) is 17.7 Å². The minimum absolute atomic E-state index is 0.122. The van der Waals surface area contributed by atoms with Crippen molar-refractivity contribution in [2.45, 2.75) is 58.7 Å². The normalized spacial score (nSPS) is 11.8. The van der Waals surface area contributed by atoms with Gasteiger partial charge in [0.05, 0.1) is 44.0 Å². The Hall–Kier alpha value is -6.23. The minimum atomic E-state index is -0.765. The van der Waals surface area contributed by atoms with Gasteiger partial charge in [-0.3, -0.25) is 9.59 Å². The summed E-state index contributed by atoms with van der Waals surface area (Å²) in [6, 6.07) is 20.6. The van der Waals surface area contributed by atoms with Crippen LogP contribution in [-0.4, -0.2) is 73.9 Å². The van der Waals surface area contributed by atoms with Crippen molar-refractivity contribution in [3.8, 4) is 22.5 Å². The second-order valence-electron chi connectivity index (χ2n) is 13.4. The van der Waals surface area contributed by atoms with Crippen LogP contribution < -0.4 is 5.32 Å². The van der Waals surface area contributed by atoms with Gasteiger partial charge in [-0.1, -0.05) is 67.6 Å². The van der Waals surface area contributed by atoms with Crippen molar-refractivity contribution < 1.29 is 19.1 Å². The molecule has 4 aromatic carbocycles. The second kappa shape index (κ2) is 17.1. The number of aromatic amines is 2. The number of carbonyl (C=O) groups excluding carboxylic acids is 3. The minimum Gasteiger partial charge on any atom is -0.453 e. The molecule has 0 saturated carbocycles. The summed E-state index contributed by atoms with van der Waals surface area (Å²) in [6.45, 7) is 13.0. The van der Waals surface area contributed by atoms with Crippen LogP contribution in [0.4, 0.5) is 4.79 Å². The summed E-state index contributed by atoms with van der Waals surface area (Å²) in [5.41, 5.74) is 3.71. The van der Waals surface area contributed by atoms with Crippen LogP contribution >= 0.6 is 0 Å². The molecule has 0 unspecified atom stereocenters. The Balaban J connectivity index is 1.29. The highest BCUT2D eigenvalue weighted by Gasteiger charge is 2.23. The van der Waals surface area contributed by atoms with Crippen LogP contribution in [0.25, 0.3) is 54.8 Å². The Labute approximate surface area is 315 Å². The zero-order valence-corrected chi connectivity index (χ0v) is 31.2. The number of rotatable bonds is 16. The number of H-pyrrole nitrogens is 2. The molecule has 1 atom stereocenters. The summed E-state index contributed by atoms with van der Waals surface area (Å²) < 4.78 is 4.67. The highest BCUT2D eigenvalue weighted by atomic mass is 16.5. The Bertz CT molecular complexity index is 2300. The number of nitrogens with zero attached hydrogens (tertiary/aromatic N) is 4. The fourth-order valence-electron chi connectivity index (χ4n) is 6.83. The van der Waals surface area contributed by atoms with E-state index in [0.717, 1.165) is 73.5 Å². The lowest BCUT2D eigenvalue weighted by molar-refractivity contribution is -0.133. The molecule has 278 valence electrons. The average Bonchev–Trinajstić information content (AvgIpc) is 3.87. The van der Waals surface area contributed by atoms with Gasteiger partial charge in [0.15, 0.2) is 0 Å². The van der Waals surface area contributed by atoms with Crippen LogP contribution in [0.2, 0.25) is 0 Å². The van der Waals surface area contributed by atoms with E-state index in [4.69, 9.17) is 0 Å². The quantitative estimate of drug-likeness (QED) is 0.0679. The van der Waals surface area contributed by atoms with E-state index in [0.29, 0.717) is 38.3 Å². The maximum Gasteiger partial charge on any atom is 0.407 e. The van der Waals surface area contributed by atoms with Gasteiger partial charge in [0, 0.05) is 30.6 Å². The summed E-state index contributed by atoms with van der Waals surface area (Å²) in [5.74, 6) is 1.25. The number of benzene rings is 4. The average molecular weight is 726 g/mol. The third kappa shape index (κ3) is 8.20. The van der Waals surface area contributed by atoms with Crippen LogP contribution in [0.1, 0.15) is 51.2 Å². The van der Waals surface area contributed by atoms with Gasteiger partial charge in [-0.2, -0.15) is 0 Å². The molecule has 2 aromatic heterocycles. The first-order chi connectivity index (χ1) is 26.2. The number of ether oxygens (including phenoxy) is 1. The highest BCUT2D eigenvalue weighted by molar-refractivity contribution is 6.26. The summed E-state index contributed by atoms with van der Waals surface area (Å²) in [4.78, 5) is 57.4. The number of nitrogens with one attached hydrogen (secondary N) is 3. The second-order valence-corrected chi connectivity index (χ2v) is 13.4. The third-order valence-corrected chi connectivity index (χ3v) is 9.62. The molecule has 0 spiro atoms. The molecule has 3 amide bonds. The Morgan fingerprint density at radius 3 is 1.78 bits per heavy atom. The van der Waals surface area contributed by atoms with Gasteiger partial charge in [-0.25, -0.2) is 14.8 Å². The van der Waals surface area contributed by atoms with Crippen molar-refractivity contribution in [3.05, 3.63) is 110 Å². The first-order valence-corrected chi connectivity index (χ1v) is 18.3. The van der Waals surface area contributed by atoms with Crippen molar-refractivity contribution in [1.29, 1.82) is 0 Å². The van der Waals surface area contributed by atoms with E-state index in [-0.39, 0.29) is 18.4 Å². The number of imidazole rings is 2. The molecule has 0 aliphatic carbocycles. The van der Waals surface area contributed by atoms with Gasteiger partial charge in [-0.05, 0) is 70.6 Å². The van der Waals surface area contributed by atoms with Crippen molar-refractivity contribution in [3.63, 3.8) is 0 Å². The Morgan fingerprint density at radius 1 is 0.778 bits per heavy atom. The lowest BCUT2D eigenvalue weighted by Gasteiger charge is -2.24. The van der Waals surface area contributed by atoms with E-state index >= 15 is 0 Å². The van der Waals surface area contributed by atoms with Crippen molar-refractivity contribution in [2.24, 2.45) is 0 Å². The molecule has 6 rings (SSSR count). The standard InChI is InChI=1S/C43H47N7O4/c1-6-9-20-49(41(51)13-8-3)26-39-44-24-37(47-39)29-16-18-33-34-19-17-30(23-36(34)32-15-12-11-14-31(32)35(33)22-29)38-25-45-40(48-38)27-50(21-10-7-2)42(52)28(4)46-43(53)54-5/h6-7,11-12,14-19,22-25,28H,1-2,8-10,13,20-21,26-27H2,3-5H3,(H,44,47)(H,45,48)(H,46,53)/t28-/m0/s1. The maximum atomic E-state index is 13.2. The zero-order chi connectivity index (χ0) is 38.2. The number of methoxy groups -OCH3 is 1. The first-order valence-electron chi connectivity index (χ1n) is 18.3. The number of alkyl carbamates (subject to hydrolysis) is 1. The monoisotopic (exact) mass is 725 g/mol. The lowest BCUT2D eigenvalue weighted by atomic mass is 9.91. The molecule has 3 N–H and O–H groups in total. The van der Waals surface area contributed by atoms with Gasteiger partial charge in [0.25, 0.3) is 0 Å². The predicted octanol–water partition coefficient (Wildman–Crippen LogP) is 8.28. The summed E-state index contributed by atoms with van der Waals surface area (Å²) in [6.07, 6.45) is 9.19. The SMILES string of the molecule is C=CCCN(Cc1ncc(-c2ccc3c4ccc(-c5cnc(CN(CCC=C)C(=O)[C@H](C)NC(=O)OC)[nH]5)cc4c4ccccc4c3c2)[nH]1)C(=O)CCC. The maximum absolute atomic E-state index is 13.2. The fourth-order valence-corrected chi connectivity index (χ4v) is 6.83. The molecule has 0 aliphatic heterocycles. The molecule has 0 radical (unpaired) electrons. The number of aromatic nitrogens is 4. The summed E-state index contributed by atoms with van der Waals surface area (Å²) in [7, 11) is 1.26. The van der Waals surface area contributed by atoms with Crippen molar-refractivity contribution in [2.75, 3.05) is 20.2 Å². The largest absolute Gasteiger partial charge is 0.453 e. The molecule has 6 aromatic rings. The number of amides is 3. The number of hydrogen-bond acceptors (Lipinski definition) is 6. The molecule has 2 heterocycles. The molecule has 11 heteroatoms. The van der Waals surface area contributed by atoms with E-state index in [1.54, 1.807) is 24.1 Å². The van der Waals surface area contributed by atoms with E-state index in [9.17, 15) is 14.4 Å². The third-order valence-electron chi connectivity index (χ3n) is 9.62. The molecule has 0 bridgehead atoms. The van der Waals surface area contributed by atoms with E-state index in [1.807, 2.05) is 24.1 Å². The lowest BCUT2D eigenvalue weighted by Crippen LogP contribution is -2.47. The molecular weight excluding hydrogens is 679 g/mol. The van der Waals surface area contributed by atoms with E-state index < -0.39 is 12.1 Å². The van der Waals surface area contributed by atoms with E-state index in [1.165, 1.54) is 7.11 Å². The van der Waals surface area contributed by atoms with Crippen LogP contribution in [0.5, 0.6) is 0 Å². The molecule has 54 heavy (non-hydrogen) atoms. The number of fused-ring (bicyclic) bond motifs is 6. The zero-order valence-electron chi connectivity index (χ0n) is 31.2. The van der Waals surface area contributed by atoms with Crippen molar-refractivity contribution in [1.82, 2.24) is 35.1 Å². The Kier molecular flexibility index (Phi) is 11.9. The van der Waals surface area contributed by atoms with Crippen molar-refractivity contribution >= 4 is 50.2 Å². The molecule has 11 nitrogen and oxygen atoms in total. The molecule has 0 aliphatic rings. The molecule has 0 fully saturated rings. The topological polar surface area (TPSA) is 136 Å². The van der Waals surface area contributed by atoms with Crippen LogP contribution in [0.15, 0.2) is 98.4 Å². The fraction of sp³-hybridized carbons (Fsp3) is 0.279. The Morgan fingerprint density at radius 2 is 1.28 bits per heavy atom. The van der Waals surface area contributed by atoms with Crippen LogP contribution in [0.3, 0.4) is 0 Å². The van der Waals surface area contributed by atoms with Crippen LogP contribution in [-0.2, 0) is 27.4 Å². The van der Waals surface area contributed by atoms with Crippen LogP contribution in [0, 0.1) is 0 Å². The summed E-state index contributed by atoms with van der Waals surface area (Å²) >= 11 is 0.